The van der Waals surface area contributed by atoms with E-state index in [4.69, 9.17) is 15.3 Å². The van der Waals surface area contributed by atoms with Crippen LogP contribution in [0.25, 0.3) is 0 Å². The molecule has 14 heavy (non-hydrogen) atoms. The molecular weight excluding hydrogens is 196 g/mol. The topological polar surface area (TPSA) is 157 Å². The lowest BCUT2D eigenvalue weighted by Gasteiger charge is -1.98. The van der Waals surface area contributed by atoms with E-state index in [1.807, 2.05) is 16.0 Å². The van der Waals surface area contributed by atoms with Gasteiger partial charge in [-0.2, -0.15) is 0 Å². The summed E-state index contributed by atoms with van der Waals surface area (Å²) >= 11 is 0. The number of nitrogens with one attached hydrogen (secondary N) is 3. The van der Waals surface area contributed by atoms with Crippen LogP contribution < -0.4 is 21.7 Å². The predicted molar refractivity (Wildman–Crippen MR) is 45.6 cm³/mol. The SMILES string of the molecule is NC(=O)NCO.O=C(NCO)NCO. The standard InChI is InChI=1S/C3H8N2O3.C2H6N2O2/c6-1-4-3(8)5-2-7;3-2(6)4-1-5/h6-7H,1-2H2,(H2,4,5,8);5H,1H2,(H3,3,4,6). The molecule has 9 nitrogen and oxygen atoms in total. The highest BCUT2D eigenvalue weighted by molar-refractivity contribution is 5.73. The number of hydrogen-bond acceptors (Lipinski definition) is 5. The highest BCUT2D eigenvalue weighted by Gasteiger charge is 1.91. The van der Waals surface area contributed by atoms with Crippen LogP contribution >= 0.6 is 0 Å². The van der Waals surface area contributed by atoms with Crippen LogP contribution in [0.15, 0.2) is 0 Å². The number of primary amides is 1. The monoisotopic (exact) mass is 210 g/mol. The maximum Gasteiger partial charge on any atom is 0.318 e. The maximum atomic E-state index is 10.1. The van der Waals surface area contributed by atoms with Crippen molar-refractivity contribution in [2.75, 3.05) is 20.2 Å². The Balaban J connectivity index is 0. The number of amides is 4. The van der Waals surface area contributed by atoms with E-state index in [-0.39, 0.29) is 0 Å². The first kappa shape index (κ1) is 14.9. The van der Waals surface area contributed by atoms with Gasteiger partial charge >= 0.3 is 12.1 Å². The fourth-order valence-electron chi connectivity index (χ4n) is 0.284. The number of aliphatic hydroxyl groups is 3. The second kappa shape index (κ2) is 11.4. The summed E-state index contributed by atoms with van der Waals surface area (Å²) in [5, 5.41) is 29.7. The van der Waals surface area contributed by atoms with Crippen molar-refractivity contribution in [3.05, 3.63) is 0 Å². The molecule has 0 aliphatic heterocycles. The number of hydrogen-bond donors (Lipinski definition) is 7. The van der Waals surface area contributed by atoms with Crippen LogP contribution in [0, 0.1) is 0 Å². The lowest BCUT2D eigenvalue weighted by molar-refractivity contribution is 0.201. The van der Waals surface area contributed by atoms with E-state index >= 15 is 0 Å². The third-order valence-corrected chi connectivity index (χ3v) is 0.733. The molecule has 0 aromatic heterocycles. The highest BCUT2D eigenvalue weighted by Crippen LogP contribution is 1.57. The number of nitrogens with two attached hydrogens (primary N) is 1. The summed E-state index contributed by atoms with van der Waals surface area (Å²) in [4.78, 5) is 19.7. The van der Waals surface area contributed by atoms with Crippen LogP contribution in [0.3, 0.4) is 0 Å². The zero-order valence-electron chi connectivity index (χ0n) is 7.36. The van der Waals surface area contributed by atoms with Crippen molar-refractivity contribution in [1.29, 1.82) is 0 Å². The molecule has 0 aliphatic rings. The van der Waals surface area contributed by atoms with Crippen molar-refractivity contribution in [3.63, 3.8) is 0 Å². The third-order valence-electron chi connectivity index (χ3n) is 0.733. The second-order valence-electron chi connectivity index (χ2n) is 1.70. The molecule has 0 bridgehead atoms. The molecule has 0 aliphatic carbocycles. The lowest BCUT2D eigenvalue weighted by Crippen LogP contribution is -2.36. The molecule has 0 saturated carbocycles. The van der Waals surface area contributed by atoms with Gasteiger partial charge in [0.25, 0.3) is 0 Å². The van der Waals surface area contributed by atoms with Gasteiger partial charge in [0.2, 0.25) is 0 Å². The normalized spacial score (nSPS) is 7.93. The quantitative estimate of drug-likeness (QED) is 0.244. The second-order valence-corrected chi connectivity index (χ2v) is 1.70. The smallest absolute Gasteiger partial charge is 0.318 e. The van der Waals surface area contributed by atoms with E-state index in [0.29, 0.717) is 0 Å². The lowest BCUT2D eigenvalue weighted by atomic mass is 10.9. The van der Waals surface area contributed by atoms with E-state index in [1.165, 1.54) is 0 Å². The van der Waals surface area contributed by atoms with Gasteiger partial charge in [-0.25, -0.2) is 9.59 Å². The summed E-state index contributed by atoms with van der Waals surface area (Å²) in [5.41, 5.74) is 4.49. The van der Waals surface area contributed by atoms with Crippen molar-refractivity contribution in [2.24, 2.45) is 5.73 Å². The van der Waals surface area contributed by atoms with Crippen molar-refractivity contribution in [1.82, 2.24) is 16.0 Å². The average molecular weight is 210 g/mol. The predicted octanol–water partition coefficient (Wildman–Crippen LogP) is -3.21. The molecule has 0 aromatic carbocycles. The Labute approximate surface area is 79.9 Å². The summed E-state index contributed by atoms with van der Waals surface area (Å²) in [6.45, 7) is -1.24. The summed E-state index contributed by atoms with van der Waals surface area (Å²) in [6, 6.07) is -1.30. The third kappa shape index (κ3) is 16.8. The van der Waals surface area contributed by atoms with Gasteiger partial charge in [-0.3, -0.25) is 0 Å². The molecule has 4 amide bonds. The van der Waals surface area contributed by atoms with Crippen LogP contribution in [-0.4, -0.2) is 47.6 Å². The van der Waals surface area contributed by atoms with Gasteiger partial charge in [-0.1, -0.05) is 0 Å². The first-order valence-electron chi connectivity index (χ1n) is 3.46. The van der Waals surface area contributed by atoms with Crippen LogP contribution in [0.5, 0.6) is 0 Å². The summed E-state index contributed by atoms with van der Waals surface area (Å²) in [7, 11) is 0. The molecule has 0 atom stereocenters. The maximum absolute atomic E-state index is 10.1. The number of rotatable bonds is 3. The number of carbonyl (C=O) groups excluding carboxylic acids is 2. The van der Waals surface area contributed by atoms with Gasteiger partial charge in [0, 0.05) is 0 Å². The summed E-state index contributed by atoms with van der Waals surface area (Å²) < 4.78 is 0. The molecule has 0 spiro atoms. The molecule has 0 fully saturated rings. The Hall–Kier alpha value is -1.58. The minimum absolute atomic E-state index is 0.394. The van der Waals surface area contributed by atoms with Crippen molar-refractivity contribution in [3.8, 4) is 0 Å². The minimum Gasteiger partial charge on any atom is -0.376 e. The van der Waals surface area contributed by atoms with E-state index in [2.05, 4.69) is 5.73 Å². The average Bonchev–Trinajstić information content (AvgIpc) is 2.05. The molecule has 0 aromatic rings. The molecule has 0 unspecified atom stereocenters. The molecule has 0 heterocycles. The van der Waals surface area contributed by atoms with Crippen LogP contribution in [-0.2, 0) is 0 Å². The number of urea groups is 2. The van der Waals surface area contributed by atoms with E-state index in [9.17, 15) is 9.59 Å². The highest BCUT2D eigenvalue weighted by atomic mass is 16.3. The van der Waals surface area contributed by atoms with E-state index in [1.54, 1.807) is 0 Å². The molecule has 9 heteroatoms. The van der Waals surface area contributed by atoms with E-state index < -0.39 is 32.3 Å². The van der Waals surface area contributed by atoms with Gasteiger partial charge in [-0.15, -0.1) is 0 Å². The Morgan fingerprint density at radius 2 is 1.29 bits per heavy atom. The van der Waals surface area contributed by atoms with Gasteiger partial charge in [0.15, 0.2) is 0 Å². The van der Waals surface area contributed by atoms with Gasteiger partial charge in [0.1, 0.15) is 20.2 Å². The molecule has 0 rings (SSSR count). The van der Waals surface area contributed by atoms with Crippen LogP contribution in [0.4, 0.5) is 9.59 Å². The van der Waals surface area contributed by atoms with Crippen LogP contribution in [0.1, 0.15) is 0 Å². The molecule has 84 valence electrons. The summed E-state index contributed by atoms with van der Waals surface area (Å²) in [6.07, 6.45) is 0. The Kier molecular flexibility index (Phi) is 12.2. The van der Waals surface area contributed by atoms with Gasteiger partial charge in [0.05, 0.1) is 0 Å². The molecule has 0 radical (unpaired) electrons. The first-order valence-corrected chi connectivity index (χ1v) is 3.46. The zero-order chi connectivity index (χ0) is 11.4. The van der Waals surface area contributed by atoms with Crippen molar-refractivity contribution in [2.45, 2.75) is 0 Å². The van der Waals surface area contributed by atoms with Gasteiger partial charge in [-0.05, 0) is 0 Å². The fourth-order valence-corrected chi connectivity index (χ4v) is 0.284. The Bertz CT molecular complexity index is 156. The first-order chi connectivity index (χ1) is 6.58. The van der Waals surface area contributed by atoms with E-state index in [0.717, 1.165) is 0 Å². The Morgan fingerprint density at radius 3 is 1.43 bits per heavy atom. The number of carbonyl (C=O) groups is 2. The minimum atomic E-state index is -0.711. The van der Waals surface area contributed by atoms with Crippen molar-refractivity contribution >= 4 is 12.1 Å². The van der Waals surface area contributed by atoms with Crippen molar-refractivity contribution < 1.29 is 24.9 Å². The molecule has 0 saturated heterocycles. The zero-order valence-corrected chi connectivity index (χ0v) is 7.36. The Morgan fingerprint density at radius 1 is 0.929 bits per heavy atom. The largest absolute Gasteiger partial charge is 0.376 e. The number of aliphatic hydroxyl groups excluding tert-OH is 3. The molecule has 8 N–H and O–H groups in total. The molecular formula is C5H14N4O5. The fraction of sp³-hybridized carbons (Fsp3) is 0.600. The van der Waals surface area contributed by atoms with Crippen LogP contribution in [0.2, 0.25) is 0 Å². The summed E-state index contributed by atoms with van der Waals surface area (Å²) in [5.74, 6) is 0. The van der Waals surface area contributed by atoms with Gasteiger partial charge < -0.3 is 37.0 Å².